The Kier molecular flexibility index (Phi) is 8.58. The molecule has 29 heavy (non-hydrogen) atoms. The Morgan fingerprint density at radius 3 is 2.03 bits per heavy atom. The summed E-state index contributed by atoms with van der Waals surface area (Å²) in [4.78, 5) is 24.8. The summed E-state index contributed by atoms with van der Waals surface area (Å²) >= 11 is 5.89. The van der Waals surface area contributed by atoms with Crippen molar-refractivity contribution in [2.75, 3.05) is 39.6 Å². The average molecular weight is 427 g/mol. The van der Waals surface area contributed by atoms with E-state index in [4.69, 9.17) is 35.3 Å². The van der Waals surface area contributed by atoms with E-state index in [0.717, 1.165) is 0 Å². The molecule has 7 nitrogen and oxygen atoms in total. The molecule has 0 spiro atoms. The second-order valence-corrected chi connectivity index (χ2v) is 7.66. The number of carbonyl (C=O) groups excluding carboxylic acids is 2. The normalized spacial score (nSPS) is 19.3. The van der Waals surface area contributed by atoms with Crippen LogP contribution >= 0.6 is 11.6 Å². The summed E-state index contributed by atoms with van der Waals surface area (Å²) in [5.74, 6) is -0.370. The molecule has 8 heteroatoms. The zero-order valence-electron chi connectivity index (χ0n) is 16.3. The van der Waals surface area contributed by atoms with Gasteiger partial charge in [0.05, 0.1) is 11.8 Å². The first-order chi connectivity index (χ1) is 14.1. The Morgan fingerprint density at radius 1 is 0.897 bits per heavy atom. The highest BCUT2D eigenvalue weighted by Crippen LogP contribution is 2.20. The fourth-order valence-electron chi connectivity index (χ4n) is 3.26. The Hall–Kier alpha value is -1.83. The smallest absolute Gasteiger partial charge is 0.309 e. The lowest BCUT2D eigenvalue weighted by Gasteiger charge is -2.25. The van der Waals surface area contributed by atoms with E-state index >= 15 is 0 Å². The lowest BCUT2D eigenvalue weighted by Crippen LogP contribution is -2.36. The summed E-state index contributed by atoms with van der Waals surface area (Å²) in [6.45, 7) is 2.24. The van der Waals surface area contributed by atoms with Crippen LogP contribution in [0.2, 0.25) is 5.02 Å². The van der Waals surface area contributed by atoms with Crippen LogP contribution in [0.4, 0.5) is 0 Å². The van der Waals surface area contributed by atoms with E-state index in [-0.39, 0.29) is 37.0 Å². The Balaban J connectivity index is 1.54. The van der Waals surface area contributed by atoms with Gasteiger partial charge in [-0.05, 0) is 49.9 Å². The van der Waals surface area contributed by atoms with Crippen LogP contribution < -0.4 is 4.74 Å². The topological polar surface area (TPSA) is 80.3 Å². The molecule has 3 rings (SSSR count). The number of hydrogen-bond donors (Lipinski definition) is 0. The number of rotatable bonds is 8. The first-order valence-electron chi connectivity index (χ1n) is 10.0. The van der Waals surface area contributed by atoms with Gasteiger partial charge in [0.25, 0.3) is 0 Å². The highest BCUT2D eigenvalue weighted by atomic mass is 35.5. The fourth-order valence-corrected chi connectivity index (χ4v) is 3.38. The van der Waals surface area contributed by atoms with Gasteiger partial charge in [-0.25, -0.2) is 0 Å². The number of halogens is 1. The van der Waals surface area contributed by atoms with Gasteiger partial charge in [-0.3, -0.25) is 9.59 Å². The molecule has 0 amide bonds. The zero-order valence-corrected chi connectivity index (χ0v) is 17.1. The van der Waals surface area contributed by atoms with Gasteiger partial charge in [0, 0.05) is 31.5 Å². The summed E-state index contributed by atoms with van der Waals surface area (Å²) in [7, 11) is 0. The minimum atomic E-state index is -0.690. The van der Waals surface area contributed by atoms with E-state index in [0.29, 0.717) is 62.9 Å². The highest BCUT2D eigenvalue weighted by Gasteiger charge is 2.28. The van der Waals surface area contributed by atoms with Crippen molar-refractivity contribution in [1.29, 1.82) is 0 Å². The van der Waals surface area contributed by atoms with Crippen molar-refractivity contribution in [1.82, 2.24) is 0 Å². The molecule has 2 saturated heterocycles. The molecule has 1 unspecified atom stereocenters. The Morgan fingerprint density at radius 2 is 1.45 bits per heavy atom. The van der Waals surface area contributed by atoms with Crippen LogP contribution in [-0.4, -0.2) is 57.7 Å². The molecule has 2 fully saturated rings. The number of benzene rings is 1. The number of ether oxygens (including phenoxy) is 5. The van der Waals surface area contributed by atoms with Gasteiger partial charge in [-0.1, -0.05) is 11.6 Å². The molecule has 1 atom stereocenters. The number of carbonyl (C=O) groups is 2. The maximum atomic E-state index is 12.5. The Bertz CT molecular complexity index is 651. The minimum Gasteiger partial charge on any atom is -0.490 e. The third-order valence-corrected chi connectivity index (χ3v) is 5.31. The summed E-state index contributed by atoms with van der Waals surface area (Å²) in [5.41, 5.74) is 0. The number of esters is 2. The van der Waals surface area contributed by atoms with Crippen LogP contribution in [0.1, 0.15) is 25.7 Å². The summed E-state index contributed by atoms with van der Waals surface area (Å²) < 4.78 is 27.4. The van der Waals surface area contributed by atoms with Gasteiger partial charge >= 0.3 is 11.9 Å². The second-order valence-electron chi connectivity index (χ2n) is 7.23. The quantitative estimate of drug-likeness (QED) is 0.591. The van der Waals surface area contributed by atoms with E-state index in [1.807, 2.05) is 0 Å². The summed E-state index contributed by atoms with van der Waals surface area (Å²) in [6.07, 6.45) is 1.86. The standard InChI is InChI=1S/C21H27ClO7/c22-17-1-3-18(4-2-17)27-13-19(29-21(24)16-7-11-26-12-8-16)14-28-20(23)15-5-9-25-10-6-15/h1-4,15-16,19H,5-14H2. The maximum Gasteiger partial charge on any atom is 0.309 e. The lowest BCUT2D eigenvalue weighted by atomic mass is 10.0. The van der Waals surface area contributed by atoms with E-state index < -0.39 is 6.10 Å². The molecule has 0 aromatic heterocycles. The van der Waals surface area contributed by atoms with Crippen molar-refractivity contribution in [2.45, 2.75) is 31.8 Å². The molecule has 2 aliphatic rings. The van der Waals surface area contributed by atoms with Crippen LogP contribution in [-0.2, 0) is 28.5 Å². The molecule has 2 heterocycles. The fraction of sp³-hybridized carbons (Fsp3) is 0.619. The monoisotopic (exact) mass is 426 g/mol. The predicted molar refractivity (Wildman–Crippen MR) is 105 cm³/mol. The third-order valence-electron chi connectivity index (χ3n) is 5.05. The summed E-state index contributed by atoms with van der Waals surface area (Å²) in [5, 5.41) is 0.602. The van der Waals surface area contributed by atoms with Crippen LogP contribution in [0.25, 0.3) is 0 Å². The molecule has 160 valence electrons. The van der Waals surface area contributed by atoms with Crippen molar-refractivity contribution < 1.29 is 33.3 Å². The molecule has 0 saturated carbocycles. The molecule has 1 aromatic carbocycles. The van der Waals surface area contributed by atoms with Gasteiger partial charge in [0.15, 0.2) is 6.10 Å². The molecule has 2 aliphatic heterocycles. The van der Waals surface area contributed by atoms with Gasteiger partial charge < -0.3 is 23.7 Å². The van der Waals surface area contributed by atoms with E-state index in [1.165, 1.54) is 0 Å². The Labute approximate surface area is 175 Å². The molecule has 1 aromatic rings. The van der Waals surface area contributed by atoms with Gasteiger partial charge in [-0.2, -0.15) is 0 Å². The average Bonchev–Trinajstić information content (AvgIpc) is 2.77. The van der Waals surface area contributed by atoms with Gasteiger partial charge in [0.2, 0.25) is 0 Å². The van der Waals surface area contributed by atoms with E-state index in [2.05, 4.69) is 0 Å². The van der Waals surface area contributed by atoms with Crippen LogP contribution in [0, 0.1) is 11.8 Å². The third kappa shape index (κ3) is 7.17. The minimum absolute atomic E-state index is 0.0429. The molecular formula is C21H27ClO7. The van der Waals surface area contributed by atoms with E-state index in [9.17, 15) is 9.59 Å². The van der Waals surface area contributed by atoms with Crippen molar-refractivity contribution >= 4 is 23.5 Å². The lowest BCUT2D eigenvalue weighted by molar-refractivity contribution is -0.169. The molecule has 0 N–H and O–H groups in total. The zero-order chi connectivity index (χ0) is 20.5. The predicted octanol–water partition coefficient (Wildman–Crippen LogP) is 3.03. The van der Waals surface area contributed by atoms with Crippen molar-refractivity contribution in [3.63, 3.8) is 0 Å². The SMILES string of the molecule is O=C(OCC(COc1ccc(Cl)cc1)OC(=O)C1CCOCC1)C1CCOCC1. The molecule has 0 radical (unpaired) electrons. The maximum absolute atomic E-state index is 12.5. The highest BCUT2D eigenvalue weighted by molar-refractivity contribution is 6.30. The molecule has 0 aliphatic carbocycles. The van der Waals surface area contributed by atoms with Crippen LogP contribution in [0.5, 0.6) is 5.75 Å². The second kappa shape index (κ2) is 11.4. The first kappa shape index (κ1) is 21.9. The summed E-state index contributed by atoms with van der Waals surface area (Å²) in [6, 6.07) is 6.89. The largest absolute Gasteiger partial charge is 0.490 e. The van der Waals surface area contributed by atoms with Crippen LogP contribution in [0.3, 0.4) is 0 Å². The molecule has 0 bridgehead atoms. The van der Waals surface area contributed by atoms with Gasteiger partial charge in [-0.15, -0.1) is 0 Å². The van der Waals surface area contributed by atoms with Gasteiger partial charge in [0.1, 0.15) is 19.0 Å². The number of hydrogen-bond acceptors (Lipinski definition) is 7. The first-order valence-corrected chi connectivity index (χ1v) is 10.4. The van der Waals surface area contributed by atoms with E-state index in [1.54, 1.807) is 24.3 Å². The van der Waals surface area contributed by atoms with Crippen molar-refractivity contribution in [2.24, 2.45) is 11.8 Å². The van der Waals surface area contributed by atoms with Crippen LogP contribution in [0.15, 0.2) is 24.3 Å². The molecular weight excluding hydrogens is 400 g/mol. The van der Waals surface area contributed by atoms with Crippen molar-refractivity contribution in [3.05, 3.63) is 29.3 Å². The van der Waals surface area contributed by atoms with Crippen molar-refractivity contribution in [3.8, 4) is 5.75 Å².